The Balaban J connectivity index is 2.89. The first-order valence-electron chi connectivity index (χ1n) is 4.14. The third-order valence-electron chi connectivity index (χ3n) is 2.02. The highest BCUT2D eigenvalue weighted by Crippen LogP contribution is 2.26. The minimum absolute atomic E-state index is 0.177. The molecule has 0 atom stereocenters. The van der Waals surface area contributed by atoms with Crippen LogP contribution in [0, 0.1) is 5.82 Å². The van der Waals surface area contributed by atoms with Crippen molar-refractivity contribution < 1.29 is 9.60 Å². The van der Waals surface area contributed by atoms with Crippen LogP contribution in [0.1, 0.15) is 5.56 Å². The minimum atomic E-state index is -0.481. The molecule has 1 aromatic carbocycles. The lowest BCUT2D eigenvalue weighted by molar-refractivity contribution is 0.321. The van der Waals surface area contributed by atoms with E-state index in [0.29, 0.717) is 9.99 Å². The Bertz CT molecular complexity index is 542. The highest BCUT2D eigenvalue weighted by Gasteiger charge is 2.10. The van der Waals surface area contributed by atoms with E-state index in [0.717, 1.165) is 11.6 Å². The number of aromatic nitrogens is 1. The number of nitrogens with zero attached hydrogens (tertiary/aromatic N) is 2. The van der Waals surface area contributed by atoms with Crippen molar-refractivity contribution in [2.24, 2.45) is 5.16 Å². The molecule has 0 spiro atoms. The molecule has 2 rings (SSSR count). The number of halogens is 2. The van der Waals surface area contributed by atoms with Crippen molar-refractivity contribution >= 4 is 33.0 Å². The van der Waals surface area contributed by atoms with Gasteiger partial charge < -0.3 is 5.21 Å². The molecule has 0 fully saturated rings. The molecule has 0 unspecified atom stereocenters. The smallest absolute Gasteiger partial charge is 0.135 e. The Morgan fingerprint density at radius 1 is 1.53 bits per heavy atom. The zero-order valence-electron chi connectivity index (χ0n) is 7.48. The predicted octanol–water partition coefficient (Wildman–Crippen LogP) is 2.94. The summed E-state index contributed by atoms with van der Waals surface area (Å²) in [5.41, 5.74) is 0.637. The van der Waals surface area contributed by atoms with E-state index in [1.165, 1.54) is 6.07 Å². The van der Waals surface area contributed by atoms with Crippen LogP contribution in [-0.4, -0.2) is 16.4 Å². The van der Waals surface area contributed by atoms with Crippen LogP contribution in [-0.2, 0) is 0 Å². The van der Waals surface area contributed by atoms with Crippen LogP contribution < -0.4 is 0 Å². The van der Waals surface area contributed by atoms with Crippen LogP contribution in [0.5, 0.6) is 0 Å². The molecule has 0 radical (unpaired) electrons. The average Bonchev–Trinajstić information content (AvgIpc) is 2.24. The van der Waals surface area contributed by atoms with Crippen molar-refractivity contribution in [1.82, 2.24) is 4.98 Å². The zero-order chi connectivity index (χ0) is 10.8. The van der Waals surface area contributed by atoms with Crippen molar-refractivity contribution in [3.8, 4) is 0 Å². The fourth-order valence-corrected chi connectivity index (χ4v) is 1.89. The lowest BCUT2D eigenvalue weighted by Gasteiger charge is -2.04. The van der Waals surface area contributed by atoms with Crippen molar-refractivity contribution in [3.63, 3.8) is 0 Å². The summed E-state index contributed by atoms with van der Waals surface area (Å²) in [5.74, 6) is -0.481. The van der Waals surface area contributed by atoms with Gasteiger partial charge in [0.05, 0.1) is 17.3 Å². The molecule has 0 aliphatic rings. The third-order valence-corrected chi connectivity index (χ3v) is 2.67. The van der Waals surface area contributed by atoms with Crippen molar-refractivity contribution in [1.29, 1.82) is 0 Å². The molecule has 3 nitrogen and oxygen atoms in total. The fourth-order valence-electron chi connectivity index (χ4n) is 1.37. The van der Waals surface area contributed by atoms with Crippen molar-refractivity contribution in [2.45, 2.75) is 0 Å². The number of benzene rings is 1. The SMILES string of the molecule is O/N=C/c1c(F)cc(Br)c2cccnc12. The highest BCUT2D eigenvalue weighted by atomic mass is 79.9. The van der Waals surface area contributed by atoms with Gasteiger partial charge in [0, 0.05) is 16.1 Å². The first kappa shape index (κ1) is 10.0. The molecule has 0 amide bonds. The Labute approximate surface area is 93.4 Å². The molecule has 0 saturated carbocycles. The fraction of sp³-hybridized carbons (Fsp3) is 0. The molecule has 1 N–H and O–H groups in total. The molecule has 76 valence electrons. The molecule has 0 saturated heterocycles. The first-order valence-corrected chi connectivity index (χ1v) is 4.93. The lowest BCUT2D eigenvalue weighted by atomic mass is 10.1. The van der Waals surface area contributed by atoms with Gasteiger partial charge in [-0.15, -0.1) is 0 Å². The second kappa shape index (κ2) is 3.94. The largest absolute Gasteiger partial charge is 0.411 e. The second-order valence-corrected chi connectivity index (χ2v) is 3.75. The van der Waals surface area contributed by atoms with Crippen molar-refractivity contribution in [2.75, 3.05) is 0 Å². The van der Waals surface area contributed by atoms with Gasteiger partial charge in [0.15, 0.2) is 0 Å². The van der Waals surface area contributed by atoms with Crippen LogP contribution in [0.2, 0.25) is 0 Å². The maximum absolute atomic E-state index is 13.5. The summed E-state index contributed by atoms with van der Waals surface area (Å²) < 4.78 is 14.1. The van der Waals surface area contributed by atoms with E-state index in [9.17, 15) is 4.39 Å². The Morgan fingerprint density at radius 3 is 3.07 bits per heavy atom. The summed E-state index contributed by atoms with van der Waals surface area (Å²) in [5, 5.41) is 12.0. The number of pyridine rings is 1. The van der Waals surface area contributed by atoms with Crippen LogP contribution >= 0.6 is 15.9 Å². The van der Waals surface area contributed by atoms with E-state index in [2.05, 4.69) is 26.1 Å². The molecule has 0 aliphatic heterocycles. The summed E-state index contributed by atoms with van der Waals surface area (Å²) in [4.78, 5) is 4.05. The topological polar surface area (TPSA) is 45.5 Å². The van der Waals surface area contributed by atoms with Crippen LogP contribution in [0.25, 0.3) is 10.9 Å². The van der Waals surface area contributed by atoms with E-state index < -0.39 is 5.82 Å². The first-order chi connectivity index (χ1) is 7.24. The Kier molecular flexibility index (Phi) is 2.64. The van der Waals surface area contributed by atoms with E-state index in [-0.39, 0.29) is 5.56 Å². The van der Waals surface area contributed by atoms with Crippen LogP contribution in [0.4, 0.5) is 4.39 Å². The zero-order valence-corrected chi connectivity index (χ0v) is 9.07. The molecule has 15 heavy (non-hydrogen) atoms. The van der Waals surface area contributed by atoms with E-state index in [1.807, 2.05) is 0 Å². The molecular formula is C10H6BrFN2O. The number of hydrogen-bond donors (Lipinski definition) is 1. The standard InChI is InChI=1S/C10H6BrFN2O/c11-8-4-9(12)7(5-14-15)10-6(8)2-1-3-13-10/h1-5,15H/b14-5+. The van der Waals surface area contributed by atoms with Gasteiger partial charge in [-0.25, -0.2) is 4.39 Å². The third kappa shape index (κ3) is 1.70. The van der Waals surface area contributed by atoms with Gasteiger partial charge >= 0.3 is 0 Å². The Hall–Kier alpha value is -1.49. The summed E-state index contributed by atoms with van der Waals surface area (Å²) in [6, 6.07) is 4.88. The summed E-state index contributed by atoms with van der Waals surface area (Å²) >= 11 is 3.25. The van der Waals surface area contributed by atoms with Crippen LogP contribution in [0.3, 0.4) is 0 Å². The predicted molar refractivity (Wildman–Crippen MR) is 58.8 cm³/mol. The molecular weight excluding hydrogens is 263 g/mol. The normalized spacial score (nSPS) is 11.3. The van der Waals surface area contributed by atoms with Gasteiger partial charge in [0.1, 0.15) is 5.82 Å². The Morgan fingerprint density at radius 2 is 2.33 bits per heavy atom. The van der Waals surface area contributed by atoms with Gasteiger partial charge in [-0.1, -0.05) is 11.2 Å². The average molecular weight is 269 g/mol. The molecule has 1 heterocycles. The van der Waals surface area contributed by atoms with Gasteiger partial charge in [0.25, 0.3) is 0 Å². The van der Waals surface area contributed by atoms with E-state index in [4.69, 9.17) is 5.21 Å². The quantitative estimate of drug-likeness (QED) is 0.491. The maximum atomic E-state index is 13.5. The molecule has 0 aliphatic carbocycles. The maximum Gasteiger partial charge on any atom is 0.135 e. The number of rotatable bonds is 1. The summed E-state index contributed by atoms with van der Waals surface area (Å²) in [7, 11) is 0. The monoisotopic (exact) mass is 268 g/mol. The van der Waals surface area contributed by atoms with Gasteiger partial charge in [-0.2, -0.15) is 0 Å². The summed E-state index contributed by atoms with van der Waals surface area (Å²) in [6.45, 7) is 0. The van der Waals surface area contributed by atoms with Gasteiger partial charge in [-0.3, -0.25) is 4.98 Å². The van der Waals surface area contributed by atoms with Gasteiger partial charge in [0.2, 0.25) is 0 Å². The number of oxime groups is 1. The number of hydrogen-bond acceptors (Lipinski definition) is 3. The minimum Gasteiger partial charge on any atom is -0.411 e. The lowest BCUT2D eigenvalue weighted by Crippen LogP contribution is -1.93. The molecule has 5 heteroatoms. The van der Waals surface area contributed by atoms with E-state index in [1.54, 1.807) is 18.3 Å². The van der Waals surface area contributed by atoms with Crippen molar-refractivity contribution in [3.05, 3.63) is 40.2 Å². The second-order valence-electron chi connectivity index (χ2n) is 2.90. The van der Waals surface area contributed by atoms with Crippen LogP contribution in [0.15, 0.2) is 34.0 Å². The molecule has 1 aromatic heterocycles. The molecule has 2 aromatic rings. The number of fused-ring (bicyclic) bond motifs is 1. The molecule has 0 bridgehead atoms. The van der Waals surface area contributed by atoms with E-state index >= 15 is 0 Å². The summed E-state index contributed by atoms with van der Waals surface area (Å²) in [6.07, 6.45) is 2.60. The highest BCUT2D eigenvalue weighted by molar-refractivity contribution is 9.10. The van der Waals surface area contributed by atoms with Gasteiger partial charge in [-0.05, 0) is 28.1 Å².